The molecule has 0 saturated heterocycles. The summed E-state index contributed by atoms with van der Waals surface area (Å²) in [6, 6.07) is 12.5. The molecule has 1 heterocycles. The first kappa shape index (κ1) is 14.2. The van der Waals surface area contributed by atoms with E-state index >= 15 is 0 Å². The second kappa shape index (κ2) is 5.54. The average molecular weight is 363 g/mol. The summed E-state index contributed by atoms with van der Waals surface area (Å²) in [5.41, 5.74) is 1.81. The normalized spacial score (nSPS) is 13.6. The van der Waals surface area contributed by atoms with E-state index in [-0.39, 0.29) is 18.4 Å². The number of carbonyl (C=O) groups is 2. The minimum atomic E-state index is -0.236. The van der Waals surface area contributed by atoms with Crippen LogP contribution in [0.1, 0.15) is 10.4 Å². The number of nitrogens with zero attached hydrogens (tertiary/aromatic N) is 1. The summed E-state index contributed by atoms with van der Waals surface area (Å²) in [6.07, 6.45) is 0. The van der Waals surface area contributed by atoms with E-state index in [1.807, 2.05) is 18.2 Å². The molecular formula is C15H11BrN2O2S. The molecule has 1 N–H and O–H groups in total. The molecule has 2 amide bonds. The van der Waals surface area contributed by atoms with E-state index in [2.05, 4.69) is 33.9 Å². The van der Waals surface area contributed by atoms with Gasteiger partial charge in [0.1, 0.15) is 6.54 Å². The van der Waals surface area contributed by atoms with E-state index in [0.29, 0.717) is 26.3 Å². The lowest BCUT2D eigenvalue weighted by atomic mass is 10.1. The molecule has 0 atom stereocenters. The van der Waals surface area contributed by atoms with Crippen molar-refractivity contribution in [2.24, 2.45) is 0 Å². The van der Waals surface area contributed by atoms with Crippen molar-refractivity contribution >= 4 is 51.7 Å². The topological polar surface area (TPSA) is 49.4 Å². The van der Waals surface area contributed by atoms with Crippen LogP contribution in [0, 0.1) is 0 Å². The second-order valence-corrected chi connectivity index (χ2v) is 5.99. The maximum absolute atomic E-state index is 12.8. The number of hydrogen-bond donors (Lipinski definition) is 2. The molecule has 0 spiro atoms. The van der Waals surface area contributed by atoms with Crippen LogP contribution in [0.3, 0.4) is 0 Å². The number of amides is 2. The SMILES string of the molecule is O=C1CN(C(=O)c2cc(S)ccc2Br)c2ccccc2N1. The first-order valence-corrected chi connectivity index (χ1v) is 7.49. The third-order valence-electron chi connectivity index (χ3n) is 3.20. The van der Waals surface area contributed by atoms with Crippen LogP contribution in [0.15, 0.2) is 51.8 Å². The van der Waals surface area contributed by atoms with Crippen molar-refractivity contribution in [3.05, 3.63) is 52.5 Å². The number of anilines is 2. The first-order chi connectivity index (χ1) is 10.1. The molecule has 2 aromatic carbocycles. The van der Waals surface area contributed by atoms with Gasteiger partial charge < -0.3 is 5.32 Å². The quantitative estimate of drug-likeness (QED) is 0.764. The largest absolute Gasteiger partial charge is 0.323 e. The third-order valence-corrected chi connectivity index (χ3v) is 4.17. The highest BCUT2D eigenvalue weighted by Crippen LogP contribution is 2.31. The fraction of sp³-hybridized carbons (Fsp3) is 0.0667. The van der Waals surface area contributed by atoms with Crippen molar-refractivity contribution in [3.8, 4) is 0 Å². The number of thiol groups is 1. The molecule has 4 nitrogen and oxygen atoms in total. The van der Waals surface area contributed by atoms with Gasteiger partial charge in [0, 0.05) is 9.37 Å². The lowest BCUT2D eigenvalue weighted by Gasteiger charge is -2.29. The van der Waals surface area contributed by atoms with Crippen LogP contribution in [0.2, 0.25) is 0 Å². The monoisotopic (exact) mass is 362 g/mol. The highest BCUT2D eigenvalue weighted by Gasteiger charge is 2.28. The first-order valence-electron chi connectivity index (χ1n) is 6.25. The van der Waals surface area contributed by atoms with E-state index in [4.69, 9.17) is 0 Å². The van der Waals surface area contributed by atoms with Gasteiger partial charge in [0.25, 0.3) is 5.91 Å². The van der Waals surface area contributed by atoms with Gasteiger partial charge in [0.2, 0.25) is 5.91 Å². The number of benzene rings is 2. The van der Waals surface area contributed by atoms with E-state index in [1.165, 1.54) is 4.90 Å². The van der Waals surface area contributed by atoms with Crippen molar-refractivity contribution in [2.45, 2.75) is 4.90 Å². The molecule has 0 bridgehead atoms. The summed E-state index contributed by atoms with van der Waals surface area (Å²) >= 11 is 7.63. The van der Waals surface area contributed by atoms with Crippen molar-refractivity contribution in [1.29, 1.82) is 0 Å². The molecule has 1 aliphatic rings. The fourth-order valence-corrected chi connectivity index (χ4v) is 2.86. The minimum Gasteiger partial charge on any atom is -0.323 e. The molecule has 0 radical (unpaired) electrons. The molecule has 0 fully saturated rings. The molecule has 0 aliphatic carbocycles. The van der Waals surface area contributed by atoms with Gasteiger partial charge in [-0.15, -0.1) is 12.6 Å². The highest BCUT2D eigenvalue weighted by molar-refractivity contribution is 9.10. The van der Waals surface area contributed by atoms with Gasteiger partial charge in [0.15, 0.2) is 0 Å². The van der Waals surface area contributed by atoms with Gasteiger partial charge in [0.05, 0.1) is 16.9 Å². The molecule has 0 saturated carbocycles. The fourth-order valence-electron chi connectivity index (χ4n) is 2.24. The number of rotatable bonds is 1. The Morgan fingerprint density at radius 2 is 2.00 bits per heavy atom. The van der Waals surface area contributed by atoms with E-state index < -0.39 is 0 Å². The Kier molecular flexibility index (Phi) is 3.73. The van der Waals surface area contributed by atoms with Crippen molar-refractivity contribution in [3.63, 3.8) is 0 Å². The lowest BCUT2D eigenvalue weighted by molar-refractivity contribution is -0.115. The molecule has 6 heteroatoms. The van der Waals surface area contributed by atoms with Crippen molar-refractivity contribution < 1.29 is 9.59 Å². The highest BCUT2D eigenvalue weighted by atomic mass is 79.9. The second-order valence-electron chi connectivity index (χ2n) is 4.62. The summed E-state index contributed by atoms with van der Waals surface area (Å²) < 4.78 is 0.675. The molecule has 0 unspecified atom stereocenters. The van der Waals surface area contributed by atoms with Gasteiger partial charge in [-0.05, 0) is 46.3 Å². The summed E-state index contributed by atoms with van der Waals surface area (Å²) in [6.45, 7) is -0.000907. The maximum atomic E-state index is 12.8. The minimum absolute atomic E-state index is 0.000907. The van der Waals surface area contributed by atoms with Crippen molar-refractivity contribution in [1.82, 2.24) is 0 Å². The Bertz CT molecular complexity index is 748. The Labute approximate surface area is 135 Å². The molecule has 21 heavy (non-hydrogen) atoms. The van der Waals surface area contributed by atoms with E-state index in [0.717, 1.165) is 0 Å². The average Bonchev–Trinajstić information content (AvgIpc) is 2.48. The van der Waals surface area contributed by atoms with Crippen LogP contribution < -0.4 is 10.2 Å². The number of hydrogen-bond acceptors (Lipinski definition) is 3. The molecule has 2 aromatic rings. The molecule has 0 aromatic heterocycles. The number of nitrogens with one attached hydrogen (secondary N) is 1. The van der Waals surface area contributed by atoms with Crippen LogP contribution in [0.5, 0.6) is 0 Å². The summed E-state index contributed by atoms with van der Waals surface area (Å²) in [5, 5.41) is 2.76. The van der Waals surface area contributed by atoms with Crippen LogP contribution in [0.4, 0.5) is 11.4 Å². The zero-order valence-corrected chi connectivity index (χ0v) is 13.3. The Balaban J connectivity index is 2.06. The van der Waals surface area contributed by atoms with Gasteiger partial charge in [-0.25, -0.2) is 0 Å². The molecule has 1 aliphatic heterocycles. The number of fused-ring (bicyclic) bond motifs is 1. The zero-order valence-electron chi connectivity index (χ0n) is 10.8. The van der Waals surface area contributed by atoms with Crippen LogP contribution >= 0.6 is 28.6 Å². The van der Waals surface area contributed by atoms with Crippen LogP contribution in [0.25, 0.3) is 0 Å². The molecule has 3 rings (SSSR count). The summed E-state index contributed by atoms with van der Waals surface area (Å²) in [5.74, 6) is -0.444. The number of carbonyl (C=O) groups excluding carboxylic acids is 2. The van der Waals surface area contributed by atoms with Crippen LogP contribution in [-0.4, -0.2) is 18.4 Å². The van der Waals surface area contributed by atoms with Gasteiger partial charge in [-0.1, -0.05) is 12.1 Å². The number of para-hydroxylation sites is 2. The number of halogens is 1. The Hall–Kier alpha value is -1.79. The molecule has 106 valence electrons. The van der Waals surface area contributed by atoms with E-state index in [1.54, 1.807) is 24.3 Å². The van der Waals surface area contributed by atoms with E-state index in [9.17, 15) is 9.59 Å². The summed E-state index contributed by atoms with van der Waals surface area (Å²) in [7, 11) is 0. The lowest BCUT2D eigenvalue weighted by Crippen LogP contribution is -2.42. The zero-order chi connectivity index (χ0) is 15.0. The van der Waals surface area contributed by atoms with Gasteiger partial charge in [-0.2, -0.15) is 0 Å². The molecular weight excluding hydrogens is 352 g/mol. The smallest absolute Gasteiger partial charge is 0.260 e. The predicted octanol–water partition coefficient (Wildman–Crippen LogP) is 3.34. The maximum Gasteiger partial charge on any atom is 0.260 e. The predicted molar refractivity (Wildman–Crippen MR) is 88.1 cm³/mol. The van der Waals surface area contributed by atoms with Gasteiger partial charge in [-0.3, -0.25) is 14.5 Å². The summed E-state index contributed by atoms with van der Waals surface area (Å²) in [4.78, 5) is 26.7. The third kappa shape index (κ3) is 2.69. The van der Waals surface area contributed by atoms with Crippen molar-refractivity contribution in [2.75, 3.05) is 16.8 Å². The Morgan fingerprint density at radius 3 is 2.81 bits per heavy atom. The Morgan fingerprint density at radius 1 is 1.24 bits per heavy atom. The standard InChI is InChI=1S/C15H11BrN2O2S/c16-11-6-5-9(21)7-10(11)15(20)18-8-14(19)17-12-3-1-2-4-13(12)18/h1-7,21H,8H2,(H,17,19). The van der Waals surface area contributed by atoms with Crippen LogP contribution in [-0.2, 0) is 4.79 Å². The van der Waals surface area contributed by atoms with Gasteiger partial charge >= 0.3 is 0 Å².